The molecule has 2 bridgehead atoms. The fraction of sp³-hybridized carbons (Fsp3) is 0.467. The van der Waals surface area contributed by atoms with Gasteiger partial charge in [-0.05, 0) is 96.2 Å². The normalized spacial score (nSPS) is 22.7. The quantitative estimate of drug-likeness (QED) is 0.0685. The Kier molecular flexibility index (Phi) is 14.8. The van der Waals surface area contributed by atoms with Gasteiger partial charge >= 0.3 is 6.01 Å². The van der Waals surface area contributed by atoms with Crippen LogP contribution < -0.4 is 25.6 Å². The van der Waals surface area contributed by atoms with Crippen LogP contribution in [0, 0.1) is 28.3 Å². The summed E-state index contributed by atoms with van der Waals surface area (Å²) in [6, 6.07) is 17.5. The molecule has 416 valence electrons. The zero-order valence-electron chi connectivity index (χ0n) is 45.2. The van der Waals surface area contributed by atoms with E-state index in [0.717, 1.165) is 31.2 Å². The van der Waals surface area contributed by atoms with Gasteiger partial charge in [-0.15, -0.1) is 0 Å². The van der Waals surface area contributed by atoms with Crippen molar-refractivity contribution in [2.75, 3.05) is 57.4 Å². The summed E-state index contributed by atoms with van der Waals surface area (Å²) in [6.07, 6.45) is 3.70. The Morgan fingerprint density at radius 3 is 2.37 bits per heavy atom. The first-order valence-corrected chi connectivity index (χ1v) is 27.6. The number of carbonyl (C=O) groups excluding carboxylic acids is 3. The maximum absolute atomic E-state index is 17.3. The monoisotopic (exact) mass is 1080 g/mol. The van der Waals surface area contributed by atoms with E-state index in [2.05, 4.69) is 30.7 Å². The van der Waals surface area contributed by atoms with Crippen molar-refractivity contribution in [1.29, 1.82) is 0 Å². The molecule has 4 saturated heterocycles. The number of pyridine rings is 1. The van der Waals surface area contributed by atoms with E-state index in [-0.39, 0.29) is 84.6 Å². The van der Waals surface area contributed by atoms with Crippen LogP contribution in [0.2, 0.25) is 0 Å². The number of carbonyl (C=O) groups is 3. The highest BCUT2D eigenvalue weighted by molar-refractivity contribution is 6.02. The van der Waals surface area contributed by atoms with Crippen LogP contribution in [0.15, 0.2) is 79.0 Å². The van der Waals surface area contributed by atoms with Crippen molar-refractivity contribution in [3.8, 4) is 34.1 Å². The molecule has 5 fully saturated rings. The third kappa shape index (κ3) is 11.1. The molecular weight excluding hydrogens is 1020 g/mol. The maximum Gasteiger partial charge on any atom is 0.319 e. The van der Waals surface area contributed by atoms with Crippen LogP contribution in [0.5, 0.6) is 11.8 Å². The van der Waals surface area contributed by atoms with Gasteiger partial charge in [0.15, 0.2) is 5.82 Å². The summed E-state index contributed by atoms with van der Waals surface area (Å²) in [5, 5.41) is 32.7. The summed E-state index contributed by atoms with van der Waals surface area (Å²) in [5.41, 5.74) is 1.35. The lowest BCUT2D eigenvalue weighted by Crippen LogP contribution is -2.60. The minimum absolute atomic E-state index is 0.00117. The molecule has 6 aromatic rings. The van der Waals surface area contributed by atoms with Gasteiger partial charge in [-0.25, -0.2) is 13.2 Å². The topological polar surface area (TPSA) is 195 Å². The number of rotatable bonds is 15. The van der Waals surface area contributed by atoms with E-state index >= 15 is 8.78 Å². The number of likely N-dealkylation sites (tertiary alicyclic amines) is 1. The molecule has 19 heteroatoms. The number of morpholine rings is 1. The number of phenolic OH excluding ortho intramolecular Hbond substituents is 1. The first kappa shape index (κ1) is 54.0. The molecule has 1 aliphatic carbocycles. The van der Waals surface area contributed by atoms with E-state index in [1.54, 1.807) is 42.6 Å². The number of hydrogen-bond donors (Lipinski definition) is 5. The van der Waals surface area contributed by atoms with E-state index in [4.69, 9.17) is 19.4 Å². The van der Waals surface area contributed by atoms with Crippen LogP contribution in [0.25, 0.3) is 44.1 Å². The standard InChI is InChI=1S/C60H68F3N9O7/c1-6-41-46(62)18-15-36-23-39(73)24-43(49(36)41)51-50(63)52-44(26-64-51)54(71-27-37-16-17-38(28-71)66-37)69-58(67-52)79-32-60(19-20-60)31-70-21-22-78-48(30-70)56(76)68-53(59(3,4)5)57(77)72-29-40(74)25-47(72)55(75)65-33(2)34-11-13-35(14-12-34)42-9-7-8-10-45(42)61/h7-15,18,23-24,26,33,37-38,40,47-48,53,66,73-74H,6,16-17,19-22,25,27-32H2,1-5H3,(H,65,75)(H,68,76)/t33-,37?,38?,40+,47-,48+,53+/m0/s1. The third-order valence-electron chi connectivity index (χ3n) is 16.6. The lowest BCUT2D eigenvalue weighted by atomic mass is 9.85. The number of halogens is 3. The van der Waals surface area contributed by atoms with Crippen molar-refractivity contribution in [3.63, 3.8) is 0 Å². The van der Waals surface area contributed by atoms with Crippen molar-refractivity contribution in [2.24, 2.45) is 10.8 Å². The predicted molar refractivity (Wildman–Crippen MR) is 293 cm³/mol. The number of nitrogens with one attached hydrogen (secondary N) is 3. The summed E-state index contributed by atoms with van der Waals surface area (Å²) in [6.45, 7) is 12.2. The molecule has 0 spiro atoms. The van der Waals surface area contributed by atoms with Gasteiger partial charge in [-0.1, -0.05) is 76.2 Å². The number of hydrogen-bond acceptors (Lipinski definition) is 13. The summed E-state index contributed by atoms with van der Waals surface area (Å²) in [7, 11) is 0. The summed E-state index contributed by atoms with van der Waals surface area (Å²) in [5.74, 6) is -2.54. The minimum Gasteiger partial charge on any atom is -0.508 e. The van der Waals surface area contributed by atoms with Crippen LogP contribution in [-0.4, -0.2) is 142 Å². The van der Waals surface area contributed by atoms with Gasteiger partial charge in [0.05, 0.1) is 30.7 Å². The Balaban J connectivity index is 0.768. The Hall–Kier alpha value is -6.93. The van der Waals surface area contributed by atoms with Crippen LogP contribution in [-0.2, 0) is 25.5 Å². The maximum atomic E-state index is 17.3. The van der Waals surface area contributed by atoms with E-state index in [9.17, 15) is 29.0 Å². The average molecular weight is 1080 g/mol. The number of aryl methyl sites for hydroxylation is 1. The molecule has 4 aliphatic heterocycles. The predicted octanol–water partition coefficient (Wildman–Crippen LogP) is 7.37. The van der Waals surface area contributed by atoms with Gasteiger partial charge in [0.1, 0.15) is 52.6 Å². The smallest absolute Gasteiger partial charge is 0.319 e. The van der Waals surface area contributed by atoms with Crippen LogP contribution in [0.4, 0.5) is 19.0 Å². The molecule has 11 rings (SSSR count). The number of nitrogens with zero attached hydrogens (tertiary/aromatic N) is 6. The van der Waals surface area contributed by atoms with E-state index in [0.29, 0.717) is 71.3 Å². The SMILES string of the molecule is CCc1c(F)ccc2cc(O)cc(-c3ncc4c(N5CC6CCC(C5)N6)nc(OCC5(CN6CCO[C@@H](C(=O)N[C@H](C(=O)N7C[C@H](O)C[C@H]7C(=O)N[C@@H](C)c7ccc(-c8ccccc8F)cc7)C(C)(C)C)C6)CC5)nc4c3F)c12. The number of aromatic hydroxyl groups is 1. The molecule has 2 aromatic heterocycles. The molecule has 3 amide bonds. The molecule has 7 atom stereocenters. The van der Waals surface area contributed by atoms with Crippen molar-refractivity contribution >= 4 is 45.2 Å². The van der Waals surface area contributed by atoms with Crippen LogP contribution in [0.1, 0.15) is 83.9 Å². The highest BCUT2D eigenvalue weighted by Gasteiger charge is 2.48. The van der Waals surface area contributed by atoms with Crippen molar-refractivity contribution in [3.05, 3.63) is 108 Å². The zero-order chi connectivity index (χ0) is 55.5. The Labute approximate surface area is 457 Å². The number of benzene rings is 4. The number of ether oxygens (including phenoxy) is 2. The van der Waals surface area contributed by atoms with Gasteiger partial charge in [-0.3, -0.25) is 24.3 Å². The van der Waals surface area contributed by atoms with Gasteiger partial charge in [0, 0.05) is 80.5 Å². The first-order valence-electron chi connectivity index (χ1n) is 27.6. The molecule has 0 radical (unpaired) electrons. The summed E-state index contributed by atoms with van der Waals surface area (Å²) in [4.78, 5) is 62.6. The van der Waals surface area contributed by atoms with Crippen molar-refractivity contribution < 1.29 is 47.2 Å². The van der Waals surface area contributed by atoms with Crippen molar-refractivity contribution in [2.45, 2.75) is 116 Å². The highest BCUT2D eigenvalue weighted by Crippen LogP contribution is 2.47. The Morgan fingerprint density at radius 2 is 1.66 bits per heavy atom. The van der Waals surface area contributed by atoms with Gasteiger partial charge in [0.25, 0.3) is 5.91 Å². The number of amides is 3. The number of aromatic nitrogens is 3. The molecule has 1 saturated carbocycles. The number of fused-ring (bicyclic) bond motifs is 4. The van der Waals surface area contributed by atoms with Crippen LogP contribution in [0.3, 0.4) is 0 Å². The minimum atomic E-state index is -1.07. The second kappa shape index (κ2) is 21.6. The molecule has 16 nitrogen and oxygen atoms in total. The first-order chi connectivity index (χ1) is 37.8. The average Bonchev–Trinajstić information content (AvgIpc) is 4.08. The van der Waals surface area contributed by atoms with E-state index in [1.165, 1.54) is 29.2 Å². The number of aliphatic hydroxyl groups excluding tert-OH is 1. The van der Waals surface area contributed by atoms with E-state index < -0.39 is 65.1 Å². The molecule has 2 unspecified atom stereocenters. The second-order valence-corrected chi connectivity index (χ2v) is 23.4. The fourth-order valence-electron chi connectivity index (χ4n) is 12.1. The number of piperazine rings is 1. The molecular formula is C60H68F3N9O7. The largest absolute Gasteiger partial charge is 0.508 e. The molecule has 4 aromatic carbocycles. The van der Waals surface area contributed by atoms with Gasteiger partial charge in [0.2, 0.25) is 11.8 Å². The zero-order valence-corrected chi connectivity index (χ0v) is 45.2. The van der Waals surface area contributed by atoms with Crippen molar-refractivity contribution in [1.82, 2.24) is 40.7 Å². The molecule has 79 heavy (non-hydrogen) atoms. The highest BCUT2D eigenvalue weighted by atomic mass is 19.1. The molecule has 6 heterocycles. The number of anilines is 1. The summed E-state index contributed by atoms with van der Waals surface area (Å²) >= 11 is 0. The summed E-state index contributed by atoms with van der Waals surface area (Å²) < 4.78 is 59.6. The second-order valence-electron chi connectivity index (χ2n) is 23.4. The number of phenols is 1. The Morgan fingerprint density at radius 1 is 0.911 bits per heavy atom. The molecule has 5 aliphatic rings. The number of aliphatic hydroxyl groups is 1. The Bertz CT molecular complexity index is 3310. The lowest BCUT2D eigenvalue weighted by Gasteiger charge is -2.38. The van der Waals surface area contributed by atoms with Gasteiger partial charge < -0.3 is 45.4 Å². The van der Waals surface area contributed by atoms with Gasteiger partial charge in [-0.2, -0.15) is 9.97 Å². The third-order valence-corrected chi connectivity index (χ3v) is 16.6. The lowest BCUT2D eigenvalue weighted by molar-refractivity contribution is -0.148. The molecule has 5 N–H and O–H groups in total. The van der Waals surface area contributed by atoms with E-state index in [1.807, 2.05) is 46.8 Å². The van der Waals surface area contributed by atoms with Crippen LogP contribution >= 0.6 is 0 Å². The number of β-amino-alcohol motifs (C(OH)–C–C–N with tert-alkyl or cyclic N) is 1. The fourth-order valence-corrected chi connectivity index (χ4v) is 12.1.